The van der Waals surface area contributed by atoms with Crippen molar-refractivity contribution < 1.29 is 23.0 Å². The number of benzene rings is 1. The lowest BCUT2D eigenvalue weighted by Crippen LogP contribution is -2.37. The van der Waals surface area contributed by atoms with E-state index in [9.17, 15) is 18.3 Å². The van der Waals surface area contributed by atoms with Gasteiger partial charge in [0, 0.05) is 30.3 Å². The monoisotopic (exact) mass is 433 g/mol. The predicted molar refractivity (Wildman–Crippen MR) is 108 cm³/mol. The van der Waals surface area contributed by atoms with Crippen molar-refractivity contribution in [1.29, 1.82) is 0 Å². The van der Waals surface area contributed by atoms with Crippen LogP contribution in [0.3, 0.4) is 0 Å². The van der Waals surface area contributed by atoms with Crippen molar-refractivity contribution in [2.45, 2.75) is 44.7 Å². The molecule has 7 nitrogen and oxygen atoms in total. The fraction of sp³-hybridized carbons (Fsp3) is 0.381. The molecule has 3 aromatic rings. The van der Waals surface area contributed by atoms with E-state index in [4.69, 9.17) is 4.74 Å². The van der Waals surface area contributed by atoms with Crippen LogP contribution in [0.2, 0.25) is 0 Å². The first-order chi connectivity index (χ1) is 14.8. The van der Waals surface area contributed by atoms with Gasteiger partial charge in [-0.25, -0.2) is 9.97 Å². The zero-order chi connectivity index (χ0) is 22.0. The first kappa shape index (κ1) is 21.3. The number of hydrogen-bond donors (Lipinski definition) is 2. The molecule has 1 aliphatic rings. The average molecular weight is 433 g/mol. The number of rotatable bonds is 5. The molecule has 1 unspecified atom stereocenters. The number of aromatic nitrogens is 4. The molecule has 1 aromatic carbocycles. The summed E-state index contributed by atoms with van der Waals surface area (Å²) in [6.45, 7) is 2.95. The second-order valence-corrected chi connectivity index (χ2v) is 7.55. The van der Waals surface area contributed by atoms with Crippen LogP contribution in [0.25, 0.3) is 11.1 Å². The Morgan fingerprint density at radius 3 is 2.87 bits per heavy atom. The van der Waals surface area contributed by atoms with Gasteiger partial charge in [0.2, 0.25) is 5.95 Å². The molecule has 1 fully saturated rings. The number of aryl methyl sites for hydroxylation is 1. The molecular formula is C21H22F3N5O2. The lowest BCUT2D eigenvalue weighted by atomic mass is 10.1. The summed E-state index contributed by atoms with van der Waals surface area (Å²) in [6, 6.07) is 6.37. The van der Waals surface area contributed by atoms with Gasteiger partial charge in [0.1, 0.15) is 11.8 Å². The number of aliphatic hydroxyl groups excluding tert-OH is 1. The van der Waals surface area contributed by atoms with Gasteiger partial charge in [-0.05, 0) is 49.1 Å². The fourth-order valence-electron chi connectivity index (χ4n) is 3.52. The van der Waals surface area contributed by atoms with Crippen molar-refractivity contribution in [3.05, 3.63) is 54.1 Å². The van der Waals surface area contributed by atoms with Gasteiger partial charge in [-0.3, -0.25) is 4.68 Å². The minimum atomic E-state index is -4.54. The Morgan fingerprint density at radius 2 is 2.10 bits per heavy atom. The number of nitrogens with one attached hydrogen (secondary N) is 1. The summed E-state index contributed by atoms with van der Waals surface area (Å²) in [7, 11) is 0. The molecular weight excluding hydrogens is 411 g/mol. The molecule has 31 heavy (non-hydrogen) atoms. The molecule has 0 saturated carbocycles. The number of ether oxygens (including phenoxy) is 1. The van der Waals surface area contributed by atoms with Crippen molar-refractivity contribution in [2.75, 3.05) is 11.9 Å². The van der Waals surface area contributed by atoms with Gasteiger partial charge >= 0.3 is 6.18 Å². The molecule has 0 spiro atoms. The number of halogens is 3. The van der Waals surface area contributed by atoms with Gasteiger partial charge in [0.25, 0.3) is 0 Å². The third kappa shape index (κ3) is 5.20. The van der Waals surface area contributed by atoms with Crippen molar-refractivity contribution in [2.24, 2.45) is 0 Å². The van der Waals surface area contributed by atoms with E-state index in [0.29, 0.717) is 25.3 Å². The molecule has 164 valence electrons. The van der Waals surface area contributed by atoms with Crippen LogP contribution < -0.4 is 5.32 Å². The van der Waals surface area contributed by atoms with E-state index >= 15 is 0 Å². The molecule has 0 bridgehead atoms. The summed E-state index contributed by atoms with van der Waals surface area (Å²) in [6.07, 6.45) is 0.832. The van der Waals surface area contributed by atoms with Crippen molar-refractivity contribution in [1.82, 2.24) is 19.7 Å². The number of hydrogen-bond acceptors (Lipinski definition) is 6. The highest BCUT2D eigenvalue weighted by molar-refractivity contribution is 5.70. The van der Waals surface area contributed by atoms with Crippen LogP contribution >= 0.6 is 0 Å². The maximum atomic E-state index is 12.9. The molecule has 0 aliphatic carbocycles. The lowest BCUT2D eigenvalue weighted by Gasteiger charge is -2.27. The third-order valence-electron chi connectivity index (χ3n) is 5.02. The SMILES string of the molecule is Cc1cc(Nc2nccc(C(F)(F)F)n2)cc(-c2cnn(CC3OCCC[C@H]3O)c2)c1. The first-order valence-electron chi connectivity index (χ1n) is 9.89. The zero-order valence-electron chi connectivity index (χ0n) is 16.8. The fourth-order valence-corrected chi connectivity index (χ4v) is 3.52. The molecule has 2 atom stereocenters. The average Bonchev–Trinajstić information content (AvgIpc) is 3.18. The molecule has 1 saturated heterocycles. The van der Waals surface area contributed by atoms with Crippen LogP contribution in [0.5, 0.6) is 0 Å². The van der Waals surface area contributed by atoms with Crippen molar-refractivity contribution >= 4 is 11.6 Å². The number of alkyl halides is 3. The Bertz CT molecular complexity index is 1050. The molecule has 2 N–H and O–H groups in total. The van der Waals surface area contributed by atoms with Gasteiger partial charge in [0.15, 0.2) is 0 Å². The summed E-state index contributed by atoms with van der Waals surface area (Å²) in [5, 5.41) is 17.3. The smallest absolute Gasteiger partial charge is 0.390 e. The van der Waals surface area contributed by atoms with E-state index in [-0.39, 0.29) is 12.1 Å². The Kier molecular flexibility index (Phi) is 5.92. The summed E-state index contributed by atoms with van der Waals surface area (Å²) in [4.78, 5) is 7.43. The number of anilines is 2. The third-order valence-corrected chi connectivity index (χ3v) is 5.02. The molecule has 3 heterocycles. The Morgan fingerprint density at radius 1 is 1.26 bits per heavy atom. The molecule has 2 aromatic heterocycles. The number of aliphatic hydroxyl groups is 1. The van der Waals surface area contributed by atoms with Gasteiger partial charge in [-0.2, -0.15) is 18.3 Å². The highest BCUT2D eigenvalue weighted by atomic mass is 19.4. The minimum Gasteiger partial charge on any atom is -0.390 e. The zero-order valence-corrected chi connectivity index (χ0v) is 16.8. The topological polar surface area (TPSA) is 85.1 Å². The largest absolute Gasteiger partial charge is 0.433 e. The van der Waals surface area contributed by atoms with Crippen LogP contribution in [-0.4, -0.2) is 43.7 Å². The standard InChI is InChI=1S/C21H22F3N5O2/c1-13-7-14(15-10-26-29(11-15)12-18-17(30)3-2-6-31-18)9-16(8-13)27-20-25-5-4-19(28-20)21(22,23)24/h4-5,7-11,17-18,30H,2-3,6,12H2,1H3,(H,25,27,28)/t17-,18?/m1/s1. The van der Waals surface area contributed by atoms with Gasteiger partial charge in [0.05, 0.1) is 18.8 Å². The Balaban J connectivity index is 1.53. The lowest BCUT2D eigenvalue weighted by molar-refractivity contribution is -0.141. The van der Waals surface area contributed by atoms with Gasteiger partial charge in [-0.1, -0.05) is 6.07 Å². The van der Waals surface area contributed by atoms with Crippen molar-refractivity contribution in [3.63, 3.8) is 0 Å². The summed E-state index contributed by atoms with van der Waals surface area (Å²) in [5.74, 6) is -0.134. The van der Waals surface area contributed by atoms with E-state index in [1.54, 1.807) is 23.0 Å². The highest BCUT2D eigenvalue weighted by Crippen LogP contribution is 2.29. The predicted octanol–water partition coefficient (Wildman–Crippen LogP) is 3.95. The van der Waals surface area contributed by atoms with E-state index < -0.39 is 18.0 Å². The van der Waals surface area contributed by atoms with Crippen LogP contribution in [0.1, 0.15) is 24.1 Å². The molecule has 10 heteroatoms. The molecule has 0 radical (unpaired) electrons. The van der Waals surface area contributed by atoms with Crippen LogP contribution in [0.15, 0.2) is 42.9 Å². The van der Waals surface area contributed by atoms with E-state index in [1.165, 1.54) is 0 Å². The Labute approximate surface area is 176 Å². The van der Waals surface area contributed by atoms with E-state index in [1.807, 2.05) is 19.2 Å². The van der Waals surface area contributed by atoms with E-state index in [0.717, 1.165) is 35.4 Å². The number of nitrogens with zero attached hydrogens (tertiary/aromatic N) is 4. The highest BCUT2D eigenvalue weighted by Gasteiger charge is 2.32. The molecule has 0 amide bonds. The first-order valence-corrected chi connectivity index (χ1v) is 9.89. The quantitative estimate of drug-likeness (QED) is 0.634. The molecule has 1 aliphatic heterocycles. The van der Waals surface area contributed by atoms with Crippen LogP contribution in [-0.2, 0) is 17.5 Å². The second kappa shape index (κ2) is 8.64. The van der Waals surface area contributed by atoms with E-state index in [2.05, 4.69) is 20.4 Å². The second-order valence-electron chi connectivity index (χ2n) is 7.55. The summed E-state index contributed by atoms with van der Waals surface area (Å²) >= 11 is 0. The minimum absolute atomic E-state index is 0.134. The van der Waals surface area contributed by atoms with Crippen LogP contribution in [0.4, 0.5) is 24.8 Å². The Hall–Kier alpha value is -2.98. The van der Waals surface area contributed by atoms with Crippen LogP contribution in [0, 0.1) is 6.92 Å². The van der Waals surface area contributed by atoms with Gasteiger partial charge in [-0.15, -0.1) is 0 Å². The normalized spacial score (nSPS) is 19.4. The van der Waals surface area contributed by atoms with Crippen molar-refractivity contribution in [3.8, 4) is 11.1 Å². The maximum absolute atomic E-state index is 12.9. The summed E-state index contributed by atoms with van der Waals surface area (Å²) in [5.41, 5.74) is 2.14. The molecule has 4 rings (SSSR count). The van der Waals surface area contributed by atoms with Gasteiger partial charge < -0.3 is 15.2 Å². The maximum Gasteiger partial charge on any atom is 0.433 e. The summed E-state index contributed by atoms with van der Waals surface area (Å²) < 4.78 is 46.1.